The Labute approximate surface area is 164 Å². The van der Waals surface area contributed by atoms with Crippen LogP contribution in [0.15, 0.2) is 0 Å². The van der Waals surface area contributed by atoms with Crippen molar-refractivity contribution in [2.24, 2.45) is 16.6 Å². The number of methoxy groups -OCH3 is 1. The lowest BCUT2D eigenvalue weighted by atomic mass is 9.65. The van der Waals surface area contributed by atoms with Crippen LogP contribution >= 0.6 is 0 Å². The van der Waals surface area contributed by atoms with Gasteiger partial charge in [-0.15, -0.1) is 0 Å². The van der Waals surface area contributed by atoms with E-state index in [-0.39, 0.29) is 22.8 Å². The molecule has 0 atom stereocenters. The first-order valence-electron chi connectivity index (χ1n) is 10.3. The zero-order valence-electron chi connectivity index (χ0n) is 18.0. The maximum Gasteiger partial charge on any atom is 0.223 e. The van der Waals surface area contributed by atoms with Gasteiger partial charge < -0.3 is 20.3 Å². The molecule has 0 aromatic heterocycles. The van der Waals surface area contributed by atoms with E-state index in [4.69, 9.17) is 10.5 Å². The van der Waals surface area contributed by atoms with Crippen molar-refractivity contribution in [2.75, 3.05) is 40.9 Å². The standard InChI is InChI=1S/C21H39N3O3/c1-19(2,18(22)26)12-13-24-16-20(15-17(24)25)8-10-21(11-9-20,23(3)4)7-6-14-27-5/h6-16H2,1-5H3,(H2,22,26). The Bertz CT molecular complexity index is 537. The predicted molar refractivity (Wildman–Crippen MR) is 107 cm³/mol. The molecule has 1 aliphatic heterocycles. The highest BCUT2D eigenvalue weighted by atomic mass is 16.5. The van der Waals surface area contributed by atoms with Crippen LogP contribution in [-0.4, -0.2) is 68.1 Å². The van der Waals surface area contributed by atoms with E-state index in [2.05, 4.69) is 19.0 Å². The van der Waals surface area contributed by atoms with E-state index in [0.717, 1.165) is 51.7 Å². The van der Waals surface area contributed by atoms with Gasteiger partial charge in [-0.2, -0.15) is 0 Å². The Kier molecular flexibility index (Phi) is 6.96. The van der Waals surface area contributed by atoms with Crippen LogP contribution in [0.5, 0.6) is 0 Å². The quantitative estimate of drug-likeness (QED) is 0.622. The largest absolute Gasteiger partial charge is 0.385 e. The summed E-state index contributed by atoms with van der Waals surface area (Å²) in [5.41, 5.74) is 5.26. The second-order valence-corrected chi connectivity index (χ2v) is 9.71. The maximum atomic E-state index is 12.6. The number of hydrogen-bond donors (Lipinski definition) is 1. The van der Waals surface area contributed by atoms with Crippen LogP contribution in [-0.2, 0) is 14.3 Å². The van der Waals surface area contributed by atoms with Crippen molar-refractivity contribution in [1.82, 2.24) is 9.80 Å². The molecule has 6 heteroatoms. The third-order valence-electron chi connectivity index (χ3n) is 7.26. The Morgan fingerprint density at radius 1 is 1.26 bits per heavy atom. The van der Waals surface area contributed by atoms with Gasteiger partial charge in [0.25, 0.3) is 0 Å². The molecule has 2 fully saturated rings. The summed E-state index contributed by atoms with van der Waals surface area (Å²) in [4.78, 5) is 28.5. The molecule has 0 aromatic rings. The summed E-state index contributed by atoms with van der Waals surface area (Å²) in [6.07, 6.45) is 7.98. The molecular formula is C21H39N3O3. The minimum absolute atomic E-state index is 0.120. The van der Waals surface area contributed by atoms with Crippen molar-refractivity contribution in [3.8, 4) is 0 Å². The molecule has 0 aromatic carbocycles. The van der Waals surface area contributed by atoms with Crippen LogP contribution < -0.4 is 5.73 Å². The zero-order valence-corrected chi connectivity index (χ0v) is 18.0. The lowest BCUT2D eigenvalue weighted by Gasteiger charge is -2.48. The molecule has 1 saturated heterocycles. The van der Waals surface area contributed by atoms with Gasteiger partial charge in [0.05, 0.1) is 0 Å². The fourth-order valence-electron chi connectivity index (χ4n) is 4.77. The van der Waals surface area contributed by atoms with Gasteiger partial charge in [0, 0.05) is 44.2 Å². The van der Waals surface area contributed by atoms with Gasteiger partial charge in [-0.25, -0.2) is 0 Å². The van der Waals surface area contributed by atoms with Crippen LogP contribution in [0.3, 0.4) is 0 Å². The first-order chi connectivity index (χ1) is 12.6. The Balaban J connectivity index is 1.95. The molecule has 27 heavy (non-hydrogen) atoms. The average molecular weight is 382 g/mol. The molecule has 0 radical (unpaired) electrons. The summed E-state index contributed by atoms with van der Waals surface area (Å²) in [6.45, 7) is 5.99. The number of carbonyl (C=O) groups is 2. The van der Waals surface area contributed by atoms with Crippen molar-refractivity contribution in [2.45, 2.75) is 70.8 Å². The molecule has 1 aliphatic carbocycles. The minimum atomic E-state index is -0.565. The third kappa shape index (κ3) is 5.02. The van der Waals surface area contributed by atoms with Gasteiger partial charge in [-0.3, -0.25) is 9.59 Å². The number of rotatable bonds is 9. The highest BCUT2D eigenvalue weighted by Crippen LogP contribution is 2.50. The summed E-state index contributed by atoms with van der Waals surface area (Å²) in [6, 6.07) is 0. The minimum Gasteiger partial charge on any atom is -0.385 e. The first-order valence-corrected chi connectivity index (χ1v) is 10.3. The molecular weight excluding hydrogens is 342 g/mol. The van der Waals surface area contributed by atoms with E-state index < -0.39 is 5.41 Å². The highest BCUT2D eigenvalue weighted by Gasteiger charge is 2.49. The SMILES string of the molecule is COCCCC1(N(C)C)CCC2(CC1)CC(=O)N(CCC(C)(C)C(N)=O)C2. The fourth-order valence-corrected chi connectivity index (χ4v) is 4.77. The van der Waals surface area contributed by atoms with E-state index in [1.807, 2.05) is 18.7 Å². The number of hydrogen-bond acceptors (Lipinski definition) is 4. The van der Waals surface area contributed by atoms with Gasteiger partial charge in [0.15, 0.2) is 0 Å². The topological polar surface area (TPSA) is 75.9 Å². The van der Waals surface area contributed by atoms with E-state index in [1.54, 1.807) is 7.11 Å². The smallest absolute Gasteiger partial charge is 0.223 e. The summed E-state index contributed by atoms with van der Waals surface area (Å²) in [7, 11) is 6.13. The van der Waals surface area contributed by atoms with E-state index >= 15 is 0 Å². The number of carbonyl (C=O) groups excluding carboxylic acids is 2. The number of nitrogens with zero attached hydrogens (tertiary/aromatic N) is 2. The fraction of sp³-hybridized carbons (Fsp3) is 0.905. The Hall–Kier alpha value is -1.14. The van der Waals surface area contributed by atoms with E-state index in [1.165, 1.54) is 0 Å². The van der Waals surface area contributed by atoms with Crippen LogP contribution in [0.25, 0.3) is 0 Å². The van der Waals surface area contributed by atoms with Crippen molar-refractivity contribution in [1.29, 1.82) is 0 Å². The van der Waals surface area contributed by atoms with Crippen molar-refractivity contribution in [3.63, 3.8) is 0 Å². The summed E-state index contributed by atoms with van der Waals surface area (Å²) >= 11 is 0. The molecule has 6 nitrogen and oxygen atoms in total. The lowest BCUT2D eigenvalue weighted by molar-refractivity contribution is -0.130. The van der Waals surface area contributed by atoms with Crippen molar-refractivity contribution in [3.05, 3.63) is 0 Å². The third-order valence-corrected chi connectivity index (χ3v) is 7.26. The van der Waals surface area contributed by atoms with Crippen LogP contribution in [0.4, 0.5) is 0 Å². The van der Waals surface area contributed by atoms with Crippen molar-refractivity contribution >= 4 is 11.8 Å². The number of amides is 2. The second-order valence-electron chi connectivity index (χ2n) is 9.71. The normalized spacial score (nSPS) is 29.1. The van der Waals surface area contributed by atoms with Gasteiger partial charge in [0.1, 0.15) is 0 Å². The van der Waals surface area contributed by atoms with Gasteiger partial charge in [0.2, 0.25) is 11.8 Å². The monoisotopic (exact) mass is 381 g/mol. The molecule has 2 aliphatic rings. The molecule has 2 N–H and O–H groups in total. The van der Waals surface area contributed by atoms with E-state index in [9.17, 15) is 9.59 Å². The average Bonchev–Trinajstić information content (AvgIpc) is 2.91. The summed E-state index contributed by atoms with van der Waals surface area (Å²) < 4.78 is 5.25. The number of likely N-dealkylation sites (tertiary alicyclic amines) is 1. The second kappa shape index (κ2) is 8.48. The molecule has 1 heterocycles. The van der Waals surface area contributed by atoms with Crippen LogP contribution in [0, 0.1) is 10.8 Å². The summed E-state index contributed by atoms with van der Waals surface area (Å²) in [5.74, 6) is -0.0552. The lowest BCUT2D eigenvalue weighted by Crippen LogP contribution is -2.49. The molecule has 156 valence electrons. The van der Waals surface area contributed by atoms with Gasteiger partial charge in [-0.1, -0.05) is 13.8 Å². The number of nitrogens with two attached hydrogens (primary N) is 1. The molecule has 1 saturated carbocycles. The van der Waals surface area contributed by atoms with Crippen LogP contribution in [0.1, 0.15) is 65.2 Å². The zero-order chi connectivity index (χ0) is 20.3. The predicted octanol–water partition coefficient (Wildman–Crippen LogP) is 2.41. The molecule has 2 rings (SSSR count). The summed E-state index contributed by atoms with van der Waals surface area (Å²) in [5, 5.41) is 0. The van der Waals surface area contributed by atoms with E-state index in [0.29, 0.717) is 19.4 Å². The van der Waals surface area contributed by atoms with Gasteiger partial charge in [-0.05, 0) is 64.5 Å². The first kappa shape index (κ1) is 22.2. The molecule has 0 bridgehead atoms. The van der Waals surface area contributed by atoms with Gasteiger partial charge >= 0.3 is 0 Å². The molecule has 1 spiro atoms. The Morgan fingerprint density at radius 3 is 2.41 bits per heavy atom. The molecule has 0 unspecified atom stereocenters. The van der Waals surface area contributed by atoms with Crippen molar-refractivity contribution < 1.29 is 14.3 Å². The maximum absolute atomic E-state index is 12.6. The highest BCUT2D eigenvalue weighted by molar-refractivity contribution is 5.81. The number of ether oxygens (including phenoxy) is 1. The molecule has 2 amide bonds. The Morgan fingerprint density at radius 2 is 1.89 bits per heavy atom. The number of primary amides is 1. The van der Waals surface area contributed by atoms with Crippen LogP contribution in [0.2, 0.25) is 0 Å².